The van der Waals surface area contributed by atoms with E-state index in [9.17, 15) is 18.0 Å². The minimum absolute atomic E-state index is 0.231. The third-order valence-electron chi connectivity index (χ3n) is 3.36. The molecule has 1 atom stereocenters. The van der Waals surface area contributed by atoms with Crippen molar-refractivity contribution in [2.45, 2.75) is 25.1 Å². The van der Waals surface area contributed by atoms with Crippen molar-refractivity contribution in [3.63, 3.8) is 0 Å². The van der Waals surface area contributed by atoms with Crippen molar-refractivity contribution < 1.29 is 18.0 Å². The van der Waals surface area contributed by atoms with Crippen molar-refractivity contribution >= 4 is 5.91 Å². The maximum atomic E-state index is 12.1. The van der Waals surface area contributed by atoms with Crippen LogP contribution in [0.4, 0.5) is 13.2 Å². The Morgan fingerprint density at radius 3 is 2.60 bits per heavy atom. The van der Waals surface area contributed by atoms with Crippen LogP contribution in [0.3, 0.4) is 0 Å². The van der Waals surface area contributed by atoms with Crippen molar-refractivity contribution in [2.24, 2.45) is 0 Å². The van der Waals surface area contributed by atoms with E-state index in [1.54, 1.807) is 4.90 Å². The molecule has 110 valence electrons. The number of benzene rings is 1. The summed E-state index contributed by atoms with van der Waals surface area (Å²) in [6, 6.07) is 9.01. The van der Waals surface area contributed by atoms with Gasteiger partial charge in [0.1, 0.15) is 0 Å². The lowest BCUT2D eigenvalue weighted by atomic mass is 10.1. The van der Waals surface area contributed by atoms with Crippen LogP contribution in [0.1, 0.15) is 12.0 Å². The van der Waals surface area contributed by atoms with Crippen LogP contribution >= 0.6 is 0 Å². The molecule has 20 heavy (non-hydrogen) atoms. The molecule has 3 nitrogen and oxygen atoms in total. The number of amides is 1. The average Bonchev–Trinajstić information content (AvgIpc) is 2.75. The van der Waals surface area contributed by atoms with Gasteiger partial charge in [-0.25, -0.2) is 0 Å². The monoisotopic (exact) mass is 286 g/mol. The van der Waals surface area contributed by atoms with Gasteiger partial charge < -0.3 is 4.90 Å². The van der Waals surface area contributed by atoms with Gasteiger partial charge >= 0.3 is 6.18 Å². The van der Waals surface area contributed by atoms with Gasteiger partial charge in [0.25, 0.3) is 0 Å². The molecule has 0 aliphatic carbocycles. The number of hydrogen-bond acceptors (Lipinski definition) is 2. The number of carbonyl (C=O) groups is 1. The largest absolute Gasteiger partial charge is 0.401 e. The van der Waals surface area contributed by atoms with E-state index in [-0.39, 0.29) is 5.91 Å². The lowest BCUT2D eigenvalue weighted by Crippen LogP contribution is -2.42. The number of rotatable bonds is 5. The number of halogens is 3. The van der Waals surface area contributed by atoms with Crippen LogP contribution in [0.25, 0.3) is 0 Å². The van der Waals surface area contributed by atoms with Crippen LogP contribution in [0.15, 0.2) is 30.3 Å². The number of carbonyl (C=O) groups excluding carboxylic acids is 1. The predicted octanol–water partition coefficient (Wildman–Crippen LogP) is 1.98. The van der Waals surface area contributed by atoms with Gasteiger partial charge in [0.2, 0.25) is 5.91 Å². The van der Waals surface area contributed by atoms with Gasteiger partial charge in [0.05, 0.1) is 12.6 Å². The van der Waals surface area contributed by atoms with Crippen LogP contribution in [-0.4, -0.2) is 42.7 Å². The fourth-order valence-electron chi connectivity index (χ4n) is 2.30. The van der Waals surface area contributed by atoms with E-state index in [0.717, 1.165) is 12.0 Å². The van der Waals surface area contributed by atoms with Crippen molar-refractivity contribution in [1.82, 2.24) is 10.2 Å². The molecular weight excluding hydrogens is 269 g/mol. The SMILES string of the molecule is O=C1C(NCC(F)(F)F)CCN1CCc1ccccc1. The van der Waals surface area contributed by atoms with E-state index in [0.29, 0.717) is 19.5 Å². The van der Waals surface area contributed by atoms with Gasteiger partial charge in [0.15, 0.2) is 0 Å². The molecule has 1 saturated heterocycles. The summed E-state index contributed by atoms with van der Waals surface area (Å²) in [7, 11) is 0. The molecule has 1 N–H and O–H groups in total. The molecular formula is C14H17F3N2O. The predicted molar refractivity (Wildman–Crippen MR) is 69.2 cm³/mol. The molecule has 0 saturated carbocycles. The molecule has 0 radical (unpaired) electrons. The first-order valence-electron chi connectivity index (χ1n) is 6.58. The third kappa shape index (κ3) is 4.23. The summed E-state index contributed by atoms with van der Waals surface area (Å²) in [6.07, 6.45) is -3.12. The van der Waals surface area contributed by atoms with Crippen molar-refractivity contribution in [2.75, 3.05) is 19.6 Å². The Bertz CT molecular complexity index is 447. The van der Waals surface area contributed by atoms with Gasteiger partial charge in [-0.05, 0) is 18.4 Å². The minimum Gasteiger partial charge on any atom is -0.341 e. The maximum absolute atomic E-state index is 12.1. The second-order valence-corrected chi connectivity index (χ2v) is 4.90. The van der Waals surface area contributed by atoms with E-state index < -0.39 is 18.8 Å². The first kappa shape index (κ1) is 14.8. The molecule has 0 aromatic heterocycles. The highest BCUT2D eigenvalue weighted by Gasteiger charge is 2.35. The third-order valence-corrected chi connectivity index (χ3v) is 3.36. The van der Waals surface area contributed by atoms with E-state index in [1.807, 2.05) is 30.3 Å². The quantitative estimate of drug-likeness (QED) is 0.897. The topological polar surface area (TPSA) is 32.3 Å². The smallest absolute Gasteiger partial charge is 0.341 e. The molecule has 1 aromatic rings. The Hall–Kier alpha value is -1.56. The van der Waals surface area contributed by atoms with Gasteiger partial charge in [0, 0.05) is 13.1 Å². The molecule has 1 amide bonds. The second kappa shape index (κ2) is 6.26. The van der Waals surface area contributed by atoms with Crippen molar-refractivity contribution in [1.29, 1.82) is 0 Å². The van der Waals surface area contributed by atoms with Gasteiger partial charge in [-0.2, -0.15) is 13.2 Å². The number of alkyl halides is 3. The lowest BCUT2D eigenvalue weighted by Gasteiger charge is -2.17. The average molecular weight is 286 g/mol. The number of nitrogens with one attached hydrogen (secondary N) is 1. The van der Waals surface area contributed by atoms with E-state index >= 15 is 0 Å². The van der Waals surface area contributed by atoms with Crippen LogP contribution in [-0.2, 0) is 11.2 Å². The Morgan fingerprint density at radius 2 is 1.95 bits per heavy atom. The van der Waals surface area contributed by atoms with Crippen LogP contribution in [0, 0.1) is 0 Å². The van der Waals surface area contributed by atoms with E-state index in [1.165, 1.54) is 0 Å². The first-order valence-corrected chi connectivity index (χ1v) is 6.58. The molecule has 1 unspecified atom stereocenters. The molecule has 1 aliphatic rings. The fraction of sp³-hybridized carbons (Fsp3) is 0.500. The fourth-order valence-corrected chi connectivity index (χ4v) is 2.30. The zero-order valence-corrected chi connectivity index (χ0v) is 11.0. The van der Waals surface area contributed by atoms with Crippen molar-refractivity contribution in [3.8, 4) is 0 Å². The molecule has 1 fully saturated rings. The number of likely N-dealkylation sites (tertiary alicyclic amines) is 1. The standard InChI is InChI=1S/C14H17F3N2O/c15-14(16,17)10-18-12-7-9-19(13(12)20)8-6-11-4-2-1-3-5-11/h1-5,12,18H,6-10H2. The maximum Gasteiger partial charge on any atom is 0.401 e. The molecule has 6 heteroatoms. The number of nitrogens with zero attached hydrogens (tertiary/aromatic N) is 1. The minimum atomic E-state index is -4.28. The highest BCUT2D eigenvalue weighted by molar-refractivity contribution is 5.84. The molecule has 1 aromatic carbocycles. The zero-order valence-electron chi connectivity index (χ0n) is 11.0. The summed E-state index contributed by atoms with van der Waals surface area (Å²) in [5.74, 6) is -0.231. The summed E-state index contributed by atoms with van der Waals surface area (Å²) in [5.41, 5.74) is 1.12. The summed E-state index contributed by atoms with van der Waals surface area (Å²) in [4.78, 5) is 13.6. The van der Waals surface area contributed by atoms with Crippen LogP contribution in [0.5, 0.6) is 0 Å². The van der Waals surface area contributed by atoms with E-state index in [2.05, 4.69) is 5.32 Å². The first-order chi connectivity index (χ1) is 9.46. The summed E-state index contributed by atoms with van der Waals surface area (Å²) in [6.45, 7) is -0.0514. The Balaban J connectivity index is 1.79. The second-order valence-electron chi connectivity index (χ2n) is 4.90. The highest BCUT2D eigenvalue weighted by atomic mass is 19.4. The highest BCUT2D eigenvalue weighted by Crippen LogP contribution is 2.16. The summed E-state index contributed by atoms with van der Waals surface area (Å²) >= 11 is 0. The Labute approximate surface area is 115 Å². The Kier molecular flexibility index (Phi) is 4.65. The Morgan fingerprint density at radius 1 is 1.25 bits per heavy atom. The molecule has 2 rings (SSSR count). The van der Waals surface area contributed by atoms with Crippen LogP contribution in [0.2, 0.25) is 0 Å². The lowest BCUT2D eigenvalue weighted by molar-refractivity contribution is -0.134. The summed E-state index contributed by atoms with van der Waals surface area (Å²) < 4.78 is 36.3. The van der Waals surface area contributed by atoms with Gasteiger partial charge in [-0.3, -0.25) is 10.1 Å². The molecule has 1 heterocycles. The van der Waals surface area contributed by atoms with E-state index in [4.69, 9.17) is 0 Å². The number of hydrogen-bond donors (Lipinski definition) is 1. The normalized spacial score (nSPS) is 19.6. The molecule has 1 aliphatic heterocycles. The zero-order chi connectivity index (χ0) is 14.6. The molecule has 0 bridgehead atoms. The van der Waals surface area contributed by atoms with Gasteiger partial charge in [-0.1, -0.05) is 30.3 Å². The van der Waals surface area contributed by atoms with Gasteiger partial charge in [-0.15, -0.1) is 0 Å². The van der Waals surface area contributed by atoms with Crippen LogP contribution < -0.4 is 5.32 Å². The van der Waals surface area contributed by atoms with Crippen molar-refractivity contribution in [3.05, 3.63) is 35.9 Å². The summed E-state index contributed by atoms with van der Waals surface area (Å²) in [5, 5.41) is 2.28. The molecule has 0 spiro atoms.